The molecule has 2 aromatic rings. The molecule has 2 heterocycles. The number of amides is 1. The van der Waals surface area contributed by atoms with Crippen molar-refractivity contribution in [1.29, 1.82) is 0 Å². The molecule has 1 aliphatic rings. The lowest BCUT2D eigenvalue weighted by Crippen LogP contribution is -2.44. The van der Waals surface area contributed by atoms with E-state index in [2.05, 4.69) is 65.2 Å². The van der Waals surface area contributed by atoms with Crippen LogP contribution in [0.25, 0.3) is 0 Å². The molecule has 1 aliphatic heterocycles. The largest absolute Gasteiger partial charge is 0.356 e. The smallest absolute Gasteiger partial charge is 0.224 e. The van der Waals surface area contributed by atoms with Gasteiger partial charge in [-0.15, -0.1) is 0 Å². The van der Waals surface area contributed by atoms with E-state index in [9.17, 15) is 4.79 Å². The number of anilines is 1. The minimum absolute atomic E-state index is 0.0105. The Labute approximate surface area is 166 Å². The van der Waals surface area contributed by atoms with Crippen LogP contribution in [0.15, 0.2) is 46.6 Å². The Balaban J connectivity index is 1.73. The van der Waals surface area contributed by atoms with Crippen LogP contribution < -0.4 is 10.2 Å². The zero-order chi connectivity index (χ0) is 19.2. The lowest BCUT2D eigenvalue weighted by atomic mass is 9.97. The Morgan fingerprint density at radius 2 is 2.15 bits per heavy atom. The van der Waals surface area contributed by atoms with Crippen molar-refractivity contribution >= 4 is 23.5 Å². The van der Waals surface area contributed by atoms with Crippen molar-refractivity contribution in [3.8, 4) is 0 Å². The monoisotopic (exact) mass is 384 g/mol. The van der Waals surface area contributed by atoms with Gasteiger partial charge in [-0.05, 0) is 37.8 Å². The van der Waals surface area contributed by atoms with Crippen molar-refractivity contribution in [3.63, 3.8) is 0 Å². The number of carbonyl (C=O) groups is 1. The predicted molar refractivity (Wildman–Crippen MR) is 110 cm³/mol. The van der Waals surface area contributed by atoms with Gasteiger partial charge in [0.1, 0.15) is 5.03 Å². The molecule has 144 valence electrons. The summed E-state index contributed by atoms with van der Waals surface area (Å²) in [5.74, 6) is 1.51. The van der Waals surface area contributed by atoms with Crippen LogP contribution in [0, 0.1) is 18.8 Å². The highest BCUT2D eigenvalue weighted by molar-refractivity contribution is 7.99. The van der Waals surface area contributed by atoms with Crippen molar-refractivity contribution in [3.05, 3.63) is 42.2 Å². The highest BCUT2D eigenvalue weighted by atomic mass is 32.2. The van der Waals surface area contributed by atoms with Crippen molar-refractivity contribution in [2.45, 2.75) is 43.5 Å². The van der Waals surface area contributed by atoms with E-state index in [4.69, 9.17) is 0 Å². The number of piperidine rings is 1. The van der Waals surface area contributed by atoms with Gasteiger partial charge in [-0.1, -0.05) is 43.3 Å². The Bertz CT molecular complexity index is 780. The molecule has 1 amide bonds. The number of benzene rings is 1. The highest BCUT2D eigenvalue weighted by Crippen LogP contribution is 2.34. The van der Waals surface area contributed by atoms with Crippen molar-refractivity contribution < 1.29 is 4.79 Å². The number of aryl methyl sites for hydroxylation is 1. The number of hydrogen-bond acceptors (Lipinski definition) is 5. The number of carbonyl (C=O) groups excluding carboxylic acids is 1. The van der Waals surface area contributed by atoms with Gasteiger partial charge in [0, 0.05) is 36.9 Å². The molecule has 1 aromatic carbocycles. The second kappa shape index (κ2) is 9.22. The second-order valence-corrected chi connectivity index (χ2v) is 8.59. The maximum atomic E-state index is 12.5. The van der Waals surface area contributed by atoms with Gasteiger partial charge in [0.25, 0.3) is 0 Å². The molecule has 5 nitrogen and oxygen atoms in total. The number of aromatic nitrogens is 2. The third kappa shape index (κ3) is 5.45. The summed E-state index contributed by atoms with van der Waals surface area (Å²) in [4.78, 5) is 25.0. The maximum Gasteiger partial charge on any atom is 0.224 e. The second-order valence-electron chi connectivity index (χ2n) is 7.53. The minimum atomic E-state index is 0.0105. The number of rotatable bonds is 6. The lowest BCUT2D eigenvalue weighted by Gasteiger charge is -2.33. The molecule has 1 fully saturated rings. The molecule has 0 unspecified atom stereocenters. The molecule has 1 N–H and O–H groups in total. The van der Waals surface area contributed by atoms with Gasteiger partial charge in [0.15, 0.2) is 5.82 Å². The Kier molecular flexibility index (Phi) is 6.72. The van der Waals surface area contributed by atoms with Gasteiger partial charge in [-0.25, -0.2) is 9.97 Å². The summed E-state index contributed by atoms with van der Waals surface area (Å²) in [5.41, 5.74) is 1.23. The third-order valence-corrected chi connectivity index (χ3v) is 5.60. The van der Waals surface area contributed by atoms with Gasteiger partial charge in [-0.3, -0.25) is 4.79 Å². The maximum absolute atomic E-state index is 12.5. The summed E-state index contributed by atoms with van der Waals surface area (Å²) >= 11 is 1.63. The molecule has 3 rings (SSSR count). The molecule has 0 aliphatic carbocycles. The average Bonchev–Trinajstić information content (AvgIpc) is 2.66. The summed E-state index contributed by atoms with van der Waals surface area (Å²) in [6.07, 6.45) is 5.39. The Morgan fingerprint density at radius 3 is 2.93 bits per heavy atom. The first kappa shape index (κ1) is 19.7. The number of hydrogen-bond donors (Lipinski definition) is 1. The zero-order valence-electron chi connectivity index (χ0n) is 16.3. The normalized spacial score (nSPS) is 17.2. The molecule has 6 heteroatoms. The van der Waals surface area contributed by atoms with E-state index in [-0.39, 0.29) is 11.8 Å². The fourth-order valence-corrected chi connectivity index (χ4v) is 4.23. The number of nitrogens with zero attached hydrogens (tertiary/aromatic N) is 3. The summed E-state index contributed by atoms with van der Waals surface area (Å²) in [5, 5.41) is 3.97. The molecule has 0 bridgehead atoms. The first-order valence-electron chi connectivity index (χ1n) is 9.61. The summed E-state index contributed by atoms with van der Waals surface area (Å²) in [7, 11) is 0. The molecule has 1 aromatic heterocycles. The Hall–Kier alpha value is -2.08. The van der Waals surface area contributed by atoms with Crippen LogP contribution in [0.5, 0.6) is 0 Å². The summed E-state index contributed by atoms with van der Waals surface area (Å²) in [6, 6.07) is 8.40. The lowest BCUT2D eigenvalue weighted by molar-refractivity contribution is -0.125. The molecule has 0 saturated carbocycles. The van der Waals surface area contributed by atoms with Crippen LogP contribution in [0.2, 0.25) is 0 Å². The standard InChI is InChI=1S/C21H28N4OS/c1-15(2)13-24-20(26)17-7-5-11-25(14-17)19-21(23-10-9-22-19)27-18-8-4-6-16(3)12-18/h4,6,8-10,12,15,17H,5,7,11,13-14H2,1-3H3,(H,24,26)/t17-/m1/s1. The van der Waals surface area contributed by atoms with Crippen molar-refractivity contribution in [2.24, 2.45) is 11.8 Å². The van der Waals surface area contributed by atoms with E-state index >= 15 is 0 Å². The highest BCUT2D eigenvalue weighted by Gasteiger charge is 2.28. The number of nitrogens with one attached hydrogen (secondary N) is 1. The molecule has 0 radical (unpaired) electrons. The zero-order valence-corrected chi connectivity index (χ0v) is 17.1. The summed E-state index contributed by atoms with van der Waals surface area (Å²) in [6.45, 7) is 8.66. The minimum Gasteiger partial charge on any atom is -0.356 e. The fourth-order valence-electron chi connectivity index (χ4n) is 3.23. The van der Waals surface area contributed by atoms with E-state index in [1.54, 1.807) is 24.2 Å². The van der Waals surface area contributed by atoms with E-state index < -0.39 is 0 Å². The molecular formula is C21H28N4OS. The van der Waals surface area contributed by atoms with Gasteiger partial charge in [0.2, 0.25) is 5.91 Å². The molecular weight excluding hydrogens is 356 g/mol. The van der Waals surface area contributed by atoms with Crippen LogP contribution >= 0.6 is 11.8 Å². The van der Waals surface area contributed by atoms with Crippen LogP contribution in [0.1, 0.15) is 32.3 Å². The molecule has 27 heavy (non-hydrogen) atoms. The van der Waals surface area contributed by atoms with Gasteiger partial charge in [0.05, 0.1) is 5.92 Å². The SMILES string of the molecule is Cc1cccc(Sc2nccnc2N2CCC[C@@H](C(=O)NCC(C)C)C2)c1. The van der Waals surface area contributed by atoms with Crippen molar-refractivity contribution in [2.75, 3.05) is 24.5 Å². The van der Waals surface area contributed by atoms with Gasteiger partial charge in [-0.2, -0.15) is 0 Å². The third-order valence-electron chi connectivity index (χ3n) is 4.63. The van der Waals surface area contributed by atoms with Crippen molar-refractivity contribution in [1.82, 2.24) is 15.3 Å². The quantitative estimate of drug-likeness (QED) is 0.818. The first-order valence-corrected chi connectivity index (χ1v) is 10.4. The van der Waals surface area contributed by atoms with E-state index in [0.29, 0.717) is 12.5 Å². The van der Waals surface area contributed by atoms with Crippen LogP contribution in [-0.2, 0) is 4.79 Å². The van der Waals surface area contributed by atoms with Gasteiger partial charge < -0.3 is 10.2 Å². The predicted octanol–water partition coefficient (Wildman–Crippen LogP) is 3.92. The van der Waals surface area contributed by atoms with Gasteiger partial charge >= 0.3 is 0 Å². The topological polar surface area (TPSA) is 58.1 Å². The first-order chi connectivity index (χ1) is 13.0. The Morgan fingerprint density at radius 1 is 1.33 bits per heavy atom. The molecule has 1 saturated heterocycles. The molecule has 0 spiro atoms. The van der Waals surface area contributed by atoms with Crippen LogP contribution in [0.4, 0.5) is 5.82 Å². The fraction of sp³-hybridized carbons (Fsp3) is 0.476. The van der Waals surface area contributed by atoms with Crippen LogP contribution in [-0.4, -0.2) is 35.5 Å². The average molecular weight is 385 g/mol. The van der Waals surface area contributed by atoms with E-state index in [0.717, 1.165) is 41.7 Å². The van der Waals surface area contributed by atoms with E-state index in [1.165, 1.54) is 5.56 Å². The van der Waals surface area contributed by atoms with Crippen LogP contribution in [0.3, 0.4) is 0 Å². The summed E-state index contributed by atoms with van der Waals surface area (Å²) < 4.78 is 0. The van der Waals surface area contributed by atoms with E-state index in [1.807, 2.05) is 0 Å². The molecule has 1 atom stereocenters.